The lowest BCUT2D eigenvalue weighted by Gasteiger charge is -2.12. The van der Waals surface area contributed by atoms with Crippen molar-refractivity contribution in [1.29, 1.82) is 0 Å². The van der Waals surface area contributed by atoms with Gasteiger partial charge in [0.25, 0.3) is 5.91 Å². The first kappa shape index (κ1) is 18.1. The fourth-order valence-corrected chi connectivity index (χ4v) is 2.31. The average molecular weight is 358 g/mol. The summed E-state index contributed by atoms with van der Waals surface area (Å²) in [5.41, 5.74) is 0.954. The van der Waals surface area contributed by atoms with Gasteiger partial charge in [0.15, 0.2) is 6.61 Å². The molecule has 0 saturated heterocycles. The summed E-state index contributed by atoms with van der Waals surface area (Å²) in [5, 5.41) is 2.34. The summed E-state index contributed by atoms with van der Waals surface area (Å²) in [5.74, 6) is -0.0897. The summed E-state index contributed by atoms with van der Waals surface area (Å²) in [6.45, 7) is 3.44. The third-order valence-corrected chi connectivity index (χ3v) is 3.46. The molecule has 1 N–H and O–H groups in total. The number of carbonyl (C=O) groups excluding carboxylic acids is 1. The molecule has 3 nitrogen and oxygen atoms in total. The maximum Gasteiger partial charge on any atom is 0.416 e. The first-order chi connectivity index (χ1) is 11.1. The van der Waals surface area contributed by atoms with E-state index >= 15 is 0 Å². The molecule has 0 heterocycles. The molecule has 0 bridgehead atoms. The molecular formula is C17H15ClF3NO2. The lowest BCUT2D eigenvalue weighted by molar-refractivity contribution is -0.137. The Bertz CT molecular complexity index is 740. The molecule has 0 aliphatic carbocycles. The van der Waals surface area contributed by atoms with Crippen molar-refractivity contribution in [2.24, 2.45) is 0 Å². The number of ether oxygens (including phenoxy) is 1. The zero-order valence-corrected chi connectivity index (χ0v) is 13.8. The van der Waals surface area contributed by atoms with Crippen molar-refractivity contribution in [3.63, 3.8) is 0 Å². The molecule has 2 aromatic carbocycles. The van der Waals surface area contributed by atoms with E-state index in [9.17, 15) is 18.0 Å². The van der Waals surface area contributed by atoms with Gasteiger partial charge >= 0.3 is 6.18 Å². The molecule has 0 saturated carbocycles. The lowest BCUT2D eigenvalue weighted by atomic mass is 10.1. The Morgan fingerprint density at radius 1 is 1.12 bits per heavy atom. The summed E-state index contributed by atoms with van der Waals surface area (Å²) in [4.78, 5) is 11.9. The van der Waals surface area contributed by atoms with E-state index in [0.29, 0.717) is 5.75 Å². The fourth-order valence-electron chi connectivity index (χ4n) is 2.15. The van der Waals surface area contributed by atoms with Crippen molar-refractivity contribution < 1.29 is 22.7 Å². The normalized spacial score (nSPS) is 11.2. The first-order valence-corrected chi connectivity index (χ1v) is 7.40. The number of nitrogens with one attached hydrogen (secondary N) is 1. The van der Waals surface area contributed by atoms with Gasteiger partial charge in [-0.25, -0.2) is 0 Å². The van der Waals surface area contributed by atoms with Crippen LogP contribution in [-0.2, 0) is 11.0 Å². The Morgan fingerprint density at radius 3 is 2.33 bits per heavy atom. The SMILES string of the molecule is Cc1cc(C)cc(OCC(=O)Nc2cc(C(F)(F)F)ccc2Cl)c1. The number of amides is 1. The summed E-state index contributed by atoms with van der Waals surface area (Å²) >= 11 is 5.83. The molecule has 2 rings (SSSR count). The molecule has 0 aliphatic heterocycles. The summed E-state index contributed by atoms with van der Waals surface area (Å²) < 4.78 is 43.5. The van der Waals surface area contributed by atoms with E-state index < -0.39 is 17.6 Å². The van der Waals surface area contributed by atoms with Crippen LogP contribution >= 0.6 is 11.6 Å². The van der Waals surface area contributed by atoms with Gasteiger partial charge in [-0.2, -0.15) is 13.2 Å². The van der Waals surface area contributed by atoms with Crippen LogP contribution < -0.4 is 10.1 Å². The third-order valence-electron chi connectivity index (χ3n) is 3.13. The topological polar surface area (TPSA) is 38.3 Å². The standard InChI is InChI=1S/C17H15ClF3NO2/c1-10-5-11(2)7-13(6-10)24-9-16(23)22-15-8-12(17(19,20)21)3-4-14(15)18/h3-8H,9H2,1-2H3,(H,22,23). The van der Waals surface area contributed by atoms with Gasteiger partial charge < -0.3 is 10.1 Å². The van der Waals surface area contributed by atoms with Gasteiger partial charge in [0, 0.05) is 0 Å². The lowest BCUT2D eigenvalue weighted by Crippen LogP contribution is -2.20. The van der Waals surface area contributed by atoms with E-state index in [1.54, 1.807) is 12.1 Å². The largest absolute Gasteiger partial charge is 0.484 e. The molecule has 24 heavy (non-hydrogen) atoms. The third kappa shape index (κ3) is 4.89. The first-order valence-electron chi connectivity index (χ1n) is 7.03. The fraction of sp³-hybridized carbons (Fsp3) is 0.235. The van der Waals surface area contributed by atoms with Crippen LogP contribution in [0.1, 0.15) is 16.7 Å². The maximum absolute atomic E-state index is 12.7. The Morgan fingerprint density at radius 2 is 1.75 bits per heavy atom. The van der Waals surface area contributed by atoms with Crippen molar-refractivity contribution in [2.45, 2.75) is 20.0 Å². The molecule has 2 aromatic rings. The van der Waals surface area contributed by atoms with Crippen LogP contribution in [0.2, 0.25) is 5.02 Å². The molecule has 0 fully saturated rings. The second kappa shape index (κ2) is 7.13. The predicted octanol–water partition coefficient (Wildman–Crippen LogP) is 4.99. The molecule has 7 heteroatoms. The molecule has 1 amide bonds. The smallest absolute Gasteiger partial charge is 0.416 e. The number of alkyl halides is 3. The summed E-state index contributed by atoms with van der Waals surface area (Å²) in [6, 6.07) is 8.20. The van der Waals surface area contributed by atoms with Gasteiger partial charge in [-0.05, 0) is 55.3 Å². The van der Waals surface area contributed by atoms with E-state index in [2.05, 4.69) is 5.32 Å². The number of rotatable bonds is 4. The van der Waals surface area contributed by atoms with Gasteiger partial charge in [0.1, 0.15) is 5.75 Å². The second-order valence-electron chi connectivity index (χ2n) is 5.35. The number of halogens is 4. The Kier molecular flexibility index (Phi) is 5.39. The average Bonchev–Trinajstić information content (AvgIpc) is 2.45. The zero-order valence-electron chi connectivity index (χ0n) is 13.0. The molecule has 0 aromatic heterocycles. The Hall–Kier alpha value is -2.21. The molecule has 128 valence electrons. The minimum Gasteiger partial charge on any atom is -0.484 e. The zero-order chi connectivity index (χ0) is 17.9. The molecule has 0 radical (unpaired) electrons. The van der Waals surface area contributed by atoms with Crippen molar-refractivity contribution in [2.75, 3.05) is 11.9 Å². The minimum absolute atomic E-state index is 0.0164. The molecule has 0 atom stereocenters. The molecule has 0 spiro atoms. The van der Waals surface area contributed by atoms with E-state index in [0.717, 1.165) is 29.3 Å². The highest BCUT2D eigenvalue weighted by molar-refractivity contribution is 6.33. The van der Waals surface area contributed by atoms with E-state index in [1.165, 1.54) is 0 Å². The number of hydrogen-bond donors (Lipinski definition) is 1. The van der Waals surface area contributed by atoms with Crippen molar-refractivity contribution in [3.05, 3.63) is 58.1 Å². The van der Waals surface area contributed by atoms with Crippen LogP contribution in [0.5, 0.6) is 5.75 Å². The molecule has 0 aliphatic rings. The van der Waals surface area contributed by atoms with Crippen LogP contribution in [-0.4, -0.2) is 12.5 Å². The molecular weight excluding hydrogens is 343 g/mol. The number of carbonyl (C=O) groups is 1. The predicted molar refractivity (Wildman–Crippen MR) is 86.5 cm³/mol. The quantitative estimate of drug-likeness (QED) is 0.836. The highest BCUT2D eigenvalue weighted by Crippen LogP contribution is 2.33. The maximum atomic E-state index is 12.7. The van der Waals surface area contributed by atoms with E-state index in [1.807, 2.05) is 19.9 Å². The Balaban J connectivity index is 2.04. The highest BCUT2D eigenvalue weighted by Gasteiger charge is 2.31. The van der Waals surface area contributed by atoms with Gasteiger partial charge in [-0.3, -0.25) is 4.79 Å². The van der Waals surface area contributed by atoms with Crippen LogP contribution in [0.25, 0.3) is 0 Å². The van der Waals surface area contributed by atoms with Crippen LogP contribution in [0.15, 0.2) is 36.4 Å². The summed E-state index contributed by atoms with van der Waals surface area (Å²) in [7, 11) is 0. The van der Waals surface area contributed by atoms with Crippen LogP contribution in [0, 0.1) is 13.8 Å². The number of aryl methyl sites for hydroxylation is 2. The van der Waals surface area contributed by atoms with E-state index in [4.69, 9.17) is 16.3 Å². The number of anilines is 1. The number of hydrogen-bond acceptors (Lipinski definition) is 2. The van der Waals surface area contributed by atoms with E-state index in [-0.39, 0.29) is 17.3 Å². The number of benzene rings is 2. The van der Waals surface area contributed by atoms with Crippen molar-refractivity contribution in [1.82, 2.24) is 0 Å². The highest BCUT2D eigenvalue weighted by atomic mass is 35.5. The second-order valence-corrected chi connectivity index (χ2v) is 5.76. The molecule has 0 unspecified atom stereocenters. The van der Waals surface area contributed by atoms with Crippen molar-refractivity contribution >= 4 is 23.2 Å². The summed E-state index contributed by atoms with van der Waals surface area (Å²) in [6.07, 6.45) is -4.51. The van der Waals surface area contributed by atoms with Gasteiger partial charge in [-0.1, -0.05) is 17.7 Å². The van der Waals surface area contributed by atoms with Crippen molar-refractivity contribution in [3.8, 4) is 5.75 Å². The van der Waals surface area contributed by atoms with Crippen LogP contribution in [0.3, 0.4) is 0 Å². The Labute approximate surface area is 142 Å². The minimum atomic E-state index is -4.51. The van der Waals surface area contributed by atoms with Gasteiger partial charge in [0.2, 0.25) is 0 Å². The monoisotopic (exact) mass is 357 g/mol. The van der Waals surface area contributed by atoms with Gasteiger partial charge in [-0.15, -0.1) is 0 Å². The van der Waals surface area contributed by atoms with Crippen LogP contribution in [0.4, 0.5) is 18.9 Å². The van der Waals surface area contributed by atoms with Gasteiger partial charge in [0.05, 0.1) is 16.3 Å².